The second-order valence-electron chi connectivity index (χ2n) is 9.99. The lowest BCUT2D eigenvalue weighted by Crippen LogP contribution is -2.57. The summed E-state index contributed by atoms with van der Waals surface area (Å²) < 4.78 is 5.94. The Morgan fingerprint density at radius 3 is 2.52 bits per heavy atom. The topological polar surface area (TPSA) is 60.4 Å². The molecule has 0 aromatic carbocycles. The van der Waals surface area contributed by atoms with Gasteiger partial charge in [0.25, 0.3) is 0 Å². The maximum atomic E-state index is 12.4. The van der Waals surface area contributed by atoms with Crippen LogP contribution in [0.3, 0.4) is 0 Å². The van der Waals surface area contributed by atoms with Crippen molar-refractivity contribution in [1.82, 2.24) is 0 Å². The van der Waals surface area contributed by atoms with Crippen LogP contribution in [0.15, 0.2) is 11.6 Å². The van der Waals surface area contributed by atoms with Crippen molar-refractivity contribution in [3.05, 3.63) is 11.6 Å². The molecule has 4 nitrogen and oxygen atoms in total. The van der Waals surface area contributed by atoms with Gasteiger partial charge in [-0.05, 0) is 74.2 Å². The quantitative estimate of drug-likeness (QED) is 0.679. The highest BCUT2D eigenvalue weighted by Gasteiger charge is 2.63. The van der Waals surface area contributed by atoms with Crippen LogP contribution in [0, 0.1) is 34.5 Å². The molecular formula is C23H32O4. The Kier molecular flexibility index (Phi) is 4.40. The summed E-state index contributed by atoms with van der Waals surface area (Å²) in [5.74, 6) is 1.61. The molecule has 0 aromatic heterocycles. The Hall–Kier alpha value is -1.45. The molecule has 148 valence electrons. The zero-order valence-corrected chi connectivity index (χ0v) is 17.0. The number of esters is 1. The van der Waals surface area contributed by atoms with Crippen molar-refractivity contribution in [2.24, 2.45) is 34.5 Å². The molecule has 7 atom stereocenters. The van der Waals surface area contributed by atoms with E-state index < -0.39 is 0 Å². The first kappa shape index (κ1) is 18.9. The van der Waals surface area contributed by atoms with Gasteiger partial charge >= 0.3 is 5.97 Å². The maximum absolute atomic E-state index is 12.4. The summed E-state index contributed by atoms with van der Waals surface area (Å²) >= 11 is 0. The predicted octanol–water partition coefficient (Wildman–Crippen LogP) is 4.27. The molecule has 4 aliphatic rings. The molecule has 4 rings (SSSR count). The van der Waals surface area contributed by atoms with Crippen LogP contribution in [0.2, 0.25) is 0 Å². The van der Waals surface area contributed by atoms with Crippen molar-refractivity contribution in [3.63, 3.8) is 0 Å². The summed E-state index contributed by atoms with van der Waals surface area (Å²) in [7, 11) is 0. The van der Waals surface area contributed by atoms with Crippen LogP contribution in [0.4, 0.5) is 0 Å². The molecule has 27 heavy (non-hydrogen) atoms. The second-order valence-corrected chi connectivity index (χ2v) is 9.99. The van der Waals surface area contributed by atoms with E-state index in [0.717, 1.165) is 38.5 Å². The van der Waals surface area contributed by atoms with Gasteiger partial charge in [-0.1, -0.05) is 19.4 Å². The third-order valence-electron chi connectivity index (χ3n) is 8.68. The zero-order chi connectivity index (χ0) is 19.6. The third kappa shape index (κ3) is 2.74. The van der Waals surface area contributed by atoms with Crippen LogP contribution in [-0.4, -0.2) is 23.6 Å². The summed E-state index contributed by atoms with van der Waals surface area (Å²) in [5.41, 5.74) is 1.13. The first-order chi connectivity index (χ1) is 12.7. The van der Waals surface area contributed by atoms with Gasteiger partial charge in [-0.3, -0.25) is 14.4 Å². The van der Waals surface area contributed by atoms with Gasteiger partial charge in [0.05, 0.1) is 0 Å². The van der Waals surface area contributed by atoms with E-state index in [1.165, 1.54) is 12.5 Å². The van der Waals surface area contributed by atoms with E-state index in [-0.39, 0.29) is 46.3 Å². The average Bonchev–Trinajstić information content (AvgIpc) is 2.91. The molecule has 0 radical (unpaired) electrons. The van der Waals surface area contributed by atoms with Crippen LogP contribution in [0.1, 0.15) is 72.6 Å². The van der Waals surface area contributed by atoms with Crippen LogP contribution in [-0.2, 0) is 19.1 Å². The van der Waals surface area contributed by atoms with Crippen LogP contribution in [0.25, 0.3) is 0 Å². The number of ketones is 2. The van der Waals surface area contributed by atoms with Gasteiger partial charge in [0.1, 0.15) is 11.9 Å². The predicted molar refractivity (Wildman–Crippen MR) is 102 cm³/mol. The summed E-state index contributed by atoms with van der Waals surface area (Å²) in [4.78, 5) is 36.4. The van der Waals surface area contributed by atoms with E-state index in [2.05, 4.69) is 13.8 Å². The zero-order valence-electron chi connectivity index (χ0n) is 17.0. The molecule has 3 saturated carbocycles. The highest BCUT2D eigenvalue weighted by molar-refractivity contribution is 5.91. The van der Waals surface area contributed by atoms with Gasteiger partial charge in [-0.2, -0.15) is 0 Å². The molecule has 4 heteroatoms. The van der Waals surface area contributed by atoms with Gasteiger partial charge in [0, 0.05) is 25.2 Å². The minimum Gasteiger partial charge on any atom is -0.462 e. The lowest BCUT2D eigenvalue weighted by molar-refractivity contribution is -0.176. The fourth-order valence-electron chi connectivity index (χ4n) is 7.64. The smallest absolute Gasteiger partial charge is 0.302 e. The molecule has 3 fully saturated rings. The molecule has 0 bridgehead atoms. The highest BCUT2D eigenvalue weighted by atomic mass is 16.5. The van der Waals surface area contributed by atoms with Crippen molar-refractivity contribution >= 4 is 17.5 Å². The molecule has 0 aromatic rings. The van der Waals surface area contributed by atoms with E-state index in [0.29, 0.717) is 18.3 Å². The maximum Gasteiger partial charge on any atom is 0.302 e. The van der Waals surface area contributed by atoms with Gasteiger partial charge in [-0.15, -0.1) is 0 Å². The van der Waals surface area contributed by atoms with Crippen molar-refractivity contribution in [2.75, 3.05) is 0 Å². The van der Waals surface area contributed by atoms with Crippen molar-refractivity contribution in [1.29, 1.82) is 0 Å². The Morgan fingerprint density at radius 1 is 1.11 bits per heavy atom. The average molecular weight is 373 g/mol. The fourth-order valence-corrected chi connectivity index (χ4v) is 7.64. The van der Waals surface area contributed by atoms with Gasteiger partial charge in [0.15, 0.2) is 5.78 Å². The summed E-state index contributed by atoms with van der Waals surface area (Å²) in [6.07, 6.45) is 8.02. The Labute approximate surface area is 162 Å². The molecule has 0 N–H and O–H groups in total. The minimum absolute atomic E-state index is 0.0629. The number of hydrogen-bond acceptors (Lipinski definition) is 4. The second kappa shape index (κ2) is 6.28. The Balaban J connectivity index is 1.77. The minimum atomic E-state index is -0.232. The van der Waals surface area contributed by atoms with Gasteiger partial charge < -0.3 is 4.74 Å². The Bertz CT molecular complexity index is 722. The summed E-state index contributed by atoms with van der Waals surface area (Å²) in [6.45, 7) is 7.77. The van der Waals surface area contributed by atoms with Crippen molar-refractivity contribution < 1.29 is 19.1 Å². The molecule has 0 spiro atoms. The normalized spacial score (nSPS) is 46.0. The van der Waals surface area contributed by atoms with E-state index in [9.17, 15) is 14.4 Å². The lowest BCUT2D eigenvalue weighted by Gasteiger charge is -2.60. The molecule has 0 amide bonds. The molecule has 4 aliphatic carbocycles. The molecule has 0 heterocycles. The summed E-state index contributed by atoms with van der Waals surface area (Å²) in [5, 5.41) is 0. The van der Waals surface area contributed by atoms with Crippen molar-refractivity contribution in [2.45, 2.75) is 78.7 Å². The number of carbonyl (C=O) groups is 3. The van der Waals surface area contributed by atoms with Crippen LogP contribution in [0.5, 0.6) is 0 Å². The Morgan fingerprint density at radius 2 is 1.85 bits per heavy atom. The lowest BCUT2D eigenvalue weighted by atomic mass is 9.46. The number of carbonyl (C=O) groups excluding carboxylic acids is 3. The highest BCUT2D eigenvalue weighted by Crippen LogP contribution is 2.67. The summed E-state index contributed by atoms with van der Waals surface area (Å²) in [6, 6.07) is 0. The SMILES string of the molecule is CC(=O)O[C@@H]1C[C@]2(C)[C@@H](C(C)=O)CC[C@@H]2[C@H]2CCC3=CC(=O)CC[C@]3(C)[C@@H]21. The van der Waals surface area contributed by atoms with Crippen molar-refractivity contribution in [3.8, 4) is 0 Å². The van der Waals surface area contributed by atoms with Gasteiger partial charge in [0.2, 0.25) is 0 Å². The third-order valence-corrected chi connectivity index (χ3v) is 8.68. The first-order valence-electron chi connectivity index (χ1n) is 10.6. The number of fused-ring (bicyclic) bond motifs is 5. The molecule has 0 saturated heterocycles. The molecular weight excluding hydrogens is 340 g/mol. The monoisotopic (exact) mass is 372 g/mol. The number of allylic oxidation sites excluding steroid dienone is 1. The van der Waals surface area contributed by atoms with Crippen LogP contribution < -0.4 is 0 Å². The molecule has 0 unspecified atom stereocenters. The van der Waals surface area contributed by atoms with Crippen LogP contribution >= 0.6 is 0 Å². The van der Waals surface area contributed by atoms with E-state index in [4.69, 9.17) is 4.74 Å². The standard InChI is InChI=1S/C23H32O4/c1-13(24)18-7-8-19-17-6-5-15-11-16(26)9-10-22(15,3)21(17)20(27-14(2)25)12-23(18,19)4/h11,17-21H,5-10,12H2,1-4H3/t17-,18-,19-,20-,21+,22+,23-/m1/s1. The number of Topliss-reactive ketones (excluding diaryl/α,β-unsaturated/α-hetero) is 1. The molecule has 0 aliphatic heterocycles. The van der Waals surface area contributed by atoms with Gasteiger partial charge in [-0.25, -0.2) is 0 Å². The number of ether oxygens (including phenoxy) is 1. The van der Waals surface area contributed by atoms with E-state index in [1.807, 2.05) is 6.08 Å². The fraction of sp³-hybridized carbons (Fsp3) is 0.783. The van der Waals surface area contributed by atoms with E-state index in [1.54, 1.807) is 6.92 Å². The number of hydrogen-bond donors (Lipinski definition) is 0. The largest absolute Gasteiger partial charge is 0.462 e. The van der Waals surface area contributed by atoms with E-state index >= 15 is 0 Å². The number of rotatable bonds is 2. The first-order valence-corrected chi connectivity index (χ1v) is 10.6.